The Morgan fingerprint density at radius 3 is 3.04 bits per heavy atom. The number of carboxylic acid groups (broad SMARTS) is 1. The first kappa shape index (κ1) is 18.5. The first-order chi connectivity index (χ1) is 12.5. The molecule has 0 bridgehead atoms. The van der Waals surface area contributed by atoms with Crippen LogP contribution in [-0.4, -0.2) is 58.6 Å². The molecule has 1 aliphatic rings. The van der Waals surface area contributed by atoms with E-state index in [0.29, 0.717) is 18.0 Å². The molecule has 7 heteroatoms. The van der Waals surface area contributed by atoms with E-state index < -0.39 is 5.97 Å². The van der Waals surface area contributed by atoms with Gasteiger partial charge >= 0.3 is 5.97 Å². The predicted octanol–water partition coefficient (Wildman–Crippen LogP) is 2.85. The first-order valence-electron chi connectivity index (χ1n) is 8.86. The zero-order valence-electron chi connectivity index (χ0n) is 14.9. The SMILES string of the molecule is CN(CC(=O)O)C1CCCN(Cc2coc(-c3cccc(F)c3)n2)CC1. The van der Waals surface area contributed by atoms with Gasteiger partial charge in [0.25, 0.3) is 0 Å². The fourth-order valence-electron chi connectivity index (χ4n) is 3.44. The lowest BCUT2D eigenvalue weighted by Crippen LogP contribution is -2.36. The van der Waals surface area contributed by atoms with Gasteiger partial charge in [-0.05, 0) is 51.1 Å². The number of carboxylic acids is 1. The third-order valence-corrected chi connectivity index (χ3v) is 4.81. The summed E-state index contributed by atoms with van der Waals surface area (Å²) in [5.41, 5.74) is 1.45. The zero-order chi connectivity index (χ0) is 18.5. The molecular weight excluding hydrogens is 337 g/mol. The summed E-state index contributed by atoms with van der Waals surface area (Å²) in [6.07, 6.45) is 4.56. The lowest BCUT2D eigenvalue weighted by atomic mass is 10.1. The number of hydrogen-bond acceptors (Lipinski definition) is 5. The van der Waals surface area contributed by atoms with Crippen LogP contribution < -0.4 is 0 Å². The van der Waals surface area contributed by atoms with Gasteiger partial charge in [-0.3, -0.25) is 14.6 Å². The smallest absolute Gasteiger partial charge is 0.317 e. The van der Waals surface area contributed by atoms with Crippen molar-refractivity contribution in [3.05, 3.63) is 42.0 Å². The molecule has 1 aromatic heterocycles. The highest BCUT2D eigenvalue weighted by molar-refractivity contribution is 5.69. The number of aromatic nitrogens is 1. The molecule has 1 aliphatic heterocycles. The summed E-state index contributed by atoms with van der Waals surface area (Å²) < 4.78 is 18.8. The van der Waals surface area contributed by atoms with Crippen LogP contribution in [0.3, 0.4) is 0 Å². The van der Waals surface area contributed by atoms with Gasteiger partial charge in [-0.1, -0.05) is 6.07 Å². The Morgan fingerprint density at radius 2 is 2.27 bits per heavy atom. The first-order valence-corrected chi connectivity index (χ1v) is 8.86. The Balaban J connectivity index is 1.57. The molecule has 2 aromatic rings. The average Bonchev–Trinajstić information content (AvgIpc) is 2.92. The van der Waals surface area contributed by atoms with Gasteiger partial charge in [0.1, 0.15) is 12.1 Å². The molecule has 3 rings (SSSR count). The Kier molecular flexibility index (Phi) is 6.00. The van der Waals surface area contributed by atoms with E-state index in [0.717, 1.165) is 38.0 Å². The normalized spacial score (nSPS) is 18.8. The van der Waals surface area contributed by atoms with E-state index in [4.69, 9.17) is 9.52 Å². The van der Waals surface area contributed by atoms with Crippen molar-refractivity contribution in [2.75, 3.05) is 26.7 Å². The number of aliphatic carboxylic acids is 1. The number of likely N-dealkylation sites (N-methyl/N-ethyl adjacent to an activating group) is 1. The molecule has 1 atom stereocenters. The fourth-order valence-corrected chi connectivity index (χ4v) is 3.44. The summed E-state index contributed by atoms with van der Waals surface area (Å²) in [6.45, 7) is 2.58. The second-order valence-corrected chi connectivity index (χ2v) is 6.82. The highest BCUT2D eigenvalue weighted by Crippen LogP contribution is 2.21. The topological polar surface area (TPSA) is 69.8 Å². The lowest BCUT2D eigenvalue weighted by molar-refractivity contribution is -0.138. The maximum Gasteiger partial charge on any atom is 0.317 e. The molecule has 6 nitrogen and oxygen atoms in total. The van der Waals surface area contributed by atoms with Gasteiger partial charge in [0.05, 0.1) is 12.2 Å². The van der Waals surface area contributed by atoms with Crippen LogP contribution in [0.5, 0.6) is 0 Å². The molecule has 1 aromatic carbocycles. The van der Waals surface area contributed by atoms with Crippen molar-refractivity contribution < 1.29 is 18.7 Å². The Bertz CT molecular complexity index is 749. The average molecular weight is 361 g/mol. The van der Waals surface area contributed by atoms with Crippen LogP contribution in [0.1, 0.15) is 25.0 Å². The molecule has 0 radical (unpaired) electrons. The Morgan fingerprint density at radius 1 is 1.42 bits per heavy atom. The van der Waals surface area contributed by atoms with Gasteiger partial charge < -0.3 is 9.52 Å². The van der Waals surface area contributed by atoms with Crippen molar-refractivity contribution in [3.63, 3.8) is 0 Å². The van der Waals surface area contributed by atoms with Gasteiger partial charge in [0.15, 0.2) is 0 Å². The lowest BCUT2D eigenvalue weighted by Gasteiger charge is -2.25. The Hall–Kier alpha value is -2.25. The zero-order valence-corrected chi connectivity index (χ0v) is 14.9. The van der Waals surface area contributed by atoms with E-state index in [1.807, 2.05) is 11.9 Å². The molecule has 1 N–H and O–H groups in total. The third kappa shape index (κ3) is 4.89. The van der Waals surface area contributed by atoms with Crippen LogP contribution in [0.2, 0.25) is 0 Å². The number of rotatable bonds is 6. The van der Waals surface area contributed by atoms with Crippen molar-refractivity contribution in [1.82, 2.24) is 14.8 Å². The summed E-state index contributed by atoms with van der Waals surface area (Å²) in [5, 5.41) is 8.95. The molecule has 0 aliphatic carbocycles. The number of oxazole rings is 1. The molecule has 1 saturated heterocycles. The second-order valence-electron chi connectivity index (χ2n) is 6.82. The van der Waals surface area contributed by atoms with Crippen molar-refractivity contribution in [3.8, 4) is 11.5 Å². The van der Waals surface area contributed by atoms with Gasteiger partial charge in [0, 0.05) is 24.7 Å². The summed E-state index contributed by atoms with van der Waals surface area (Å²) in [7, 11) is 1.87. The van der Waals surface area contributed by atoms with Gasteiger partial charge in [0.2, 0.25) is 5.89 Å². The summed E-state index contributed by atoms with van der Waals surface area (Å²) in [5.74, 6) is -0.680. The van der Waals surface area contributed by atoms with Crippen LogP contribution in [0.25, 0.3) is 11.5 Å². The van der Waals surface area contributed by atoms with Crippen molar-refractivity contribution in [1.29, 1.82) is 0 Å². The molecule has 26 heavy (non-hydrogen) atoms. The maximum atomic E-state index is 13.3. The number of nitrogens with zero attached hydrogens (tertiary/aromatic N) is 3. The molecule has 0 saturated carbocycles. The fraction of sp³-hybridized carbons (Fsp3) is 0.474. The number of halogens is 1. The van der Waals surface area contributed by atoms with E-state index in [9.17, 15) is 9.18 Å². The second kappa shape index (κ2) is 8.42. The number of carbonyl (C=O) groups is 1. The predicted molar refractivity (Wildman–Crippen MR) is 95.1 cm³/mol. The van der Waals surface area contributed by atoms with Gasteiger partial charge in [-0.2, -0.15) is 0 Å². The van der Waals surface area contributed by atoms with E-state index in [-0.39, 0.29) is 18.4 Å². The number of likely N-dealkylation sites (tertiary alicyclic amines) is 1. The minimum Gasteiger partial charge on any atom is -0.480 e. The quantitative estimate of drug-likeness (QED) is 0.853. The summed E-state index contributed by atoms with van der Waals surface area (Å²) >= 11 is 0. The van der Waals surface area contributed by atoms with E-state index in [2.05, 4.69) is 9.88 Å². The third-order valence-electron chi connectivity index (χ3n) is 4.81. The van der Waals surface area contributed by atoms with Crippen molar-refractivity contribution >= 4 is 5.97 Å². The van der Waals surface area contributed by atoms with Crippen molar-refractivity contribution in [2.24, 2.45) is 0 Å². The van der Waals surface area contributed by atoms with E-state index in [1.54, 1.807) is 18.4 Å². The highest BCUT2D eigenvalue weighted by Gasteiger charge is 2.22. The van der Waals surface area contributed by atoms with E-state index >= 15 is 0 Å². The number of benzene rings is 1. The van der Waals surface area contributed by atoms with Crippen LogP contribution >= 0.6 is 0 Å². The molecule has 0 amide bonds. The molecule has 0 spiro atoms. The minimum absolute atomic E-state index is 0.0744. The van der Waals surface area contributed by atoms with Gasteiger partial charge in [-0.15, -0.1) is 0 Å². The molecule has 140 valence electrons. The summed E-state index contributed by atoms with van der Waals surface area (Å²) in [4.78, 5) is 19.6. The maximum absolute atomic E-state index is 13.3. The molecule has 1 fully saturated rings. The van der Waals surface area contributed by atoms with E-state index in [1.165, 1.54) is 12.1 Å². The highest BCUT2D eigenvalue weighted by atomic mass is 19.1. The van der Waals surface area contributed by atoms with Crippen LogP contribution in [0, 0.1) is 5.82 Å². The Labute approximate surface area is 152 Å². The largest absolute Gasteiger partial charge is 0.480 e. The number of hydrogen-bond donors (Lipinski definition) is 1. The molecule has 2 heterocycles. The van der Waals surface area contributed by atoms with Crippen molar-refractivity contribution in [2.45, 2.75) is 31.8 Å². The summed E-state index contributed by atoms with van der Waals surface area (Å²) in [6, 6.07) is 6.49. The van der Waals surface area contributed by atoms with Gasteiger partial charge in [-0.25, -0.2) is 9.37 Å². The standard InChI is InChI=1S/C19H24FN3O3/c1-22(12-18(24)25)17-6-3-8-23(9-7-17)11-16-13-26-19(21-16)14-4-2-5-15(20)10-14/h2,4-5,10,13,17H,3,6-9,11-12H2,1H3,(H,24,25). The van der Waals surface area contributed by atoms with Crippen LogP contribution in [-0.2, 0) is 11.3 Å². The monoisotopic (exact) mass is 361 g/mol. The molecular formula is C19H24FN3O3. The van der Waals surface area contributed by atoms with Crippen LogP contribution in [0.4, 0.5) is 4.39 Å². The molecule has 1 unspecified atom stereocenters. The minimum atomic E-state index is -0.791. The van der Waals surface area contributed by atoms with Crippen LogP contribution in [0.15, 0.2) is 34.9 Å².